The number of carbonyl (C=O) groups is 2. The minimum Gasteiger partial charge on any atom is -0.480 e. The van der Waals surface area contributed by atoms with Crippen LogP contribution < -0.4 is 5.32 Å². The van der Waals surface area contributed by atoms with Gasteiger partial charge in [-0.2, -0.15) is 13.2 Å². The van der Waals surface area contributed by atoms with E-state index in [9.17, 15) is 27.9 Å². The molecule has 0 heterocycles. The largest absolute Gasteiger partial charge is 0.480 e. The third-order valence-electron chi connectivity index (χ3n) is 5.48. The molecule has 4 saturated carbocycles. The van der Waals surface area contributed by atoms with E-state index in [-0.39, 0.29) is 0 Å². The minimum atomic E-state index is -5.05. The Kier molecular flexibility index (Phi) is 3.22. The van der Waals surface area contributed by atoms with Gasteiger partial charge in [-0.15, -0.1) is 0 Å². The smallest absolute Gasteiger partial charge is 0.471 e. The first-order valence-corrected chi connectivity index (χ1v) is 7.30. The number of carboxylic acids is 1. The number of hydrogen-bond acceptors (Lipinski definition) is 2. The molecule has 1 unspecified atom stereocenters. The molecule has 2 N–H and O–H groups in total. The summed E-state index contributed by atoms with van der Waals surface area (Å²) in [4.78, 5) is 22.7. The van der Waals surface area contributed by atoms with Crippen LogP contribution in [-0.4, -0.2) is 29.2 Å². The van der Waals surface area contributed by atoms with Crippen LogP contribution in [0.15, 0.2) is 0 Å². The van der Waals surface area contributed by atoms with Crippen molar-refractivity contribution in [2.24, 2.45) is 23.2 Å². The maximum Gasteiger partial charge on any atom is 0.471 e. The molecule has 0 radical (unpaired) electrons. The van der Waals surface area contributed by atoms with Gasteiger partial charge in [0.05, 0.1) is 0 Å². The van der Waals surface area contributed by atoms with E-state index in [0.29, 0.717) is 37.0 Å². The first kappa shape index (κ1) is 14.7. The molecule has 4 aliphatic rings. The number of hydrogen-bond donors (Lipinski definition) is 2. The molecule has 4 rings (SSSR count). The Morgan fingerprint density at radius 1 is 1.05 bits per heavy atom. The second-order valence-electron chi connectivity index (χ2n) is 7.02. The molecule has 4 aliphatic carbocycles. The van der Waals surface area contributed by atoms with Gasteiger partial charge in [0.2, 0.25) is 0 Å². The normalized spacial score (nSPS) is 39.1. The Labute approximate surface area is 120 Å². The van der Waals surface area contributed by atoms with Gasteiger partial charge in [-0.3, -0.25) is 4.79 Å². The maximum atomic E-state index is 12.4. The number of amides is 1. The molecule has 1 amide bonds. The van der Waals surface area contributed by atoms with Gasteiger partial charge in [0.1, 0.15) is 6.04 Å². The molecule has 4 bridgehead atoms. The summed E-state index contributed by atoms with van der Waals surface area (Å²) in [5, 5.41) is 11.1. The van der Waals surface area contributed by atoms with Crippen LogP contribution in [0.3, 0.4) is 0 Å². The van der Waals surface area contributed by atoms with Crippen molar-refractivity contribution in [3.63, 3.8) is 0 Å². The van der Waals surface area contributed by atoms with Crippen LogP contribution in [0.1, 0.15) is 38.5 Å². The van der Waals surface area contributed by atoms with Crippen molar-refractivity contribution in [3.8, 4) is 0 Å². The Morgan fingerprint density at radius 2 is 1.48 bits per heavy atom. The monoisotopic (exact) mass is 305 g/mol. The highest BCUT2D eigenvalue weighted by molar-refractivity contribution is 5.87. The SMILES string of the molecule is O=C(O)C(NC(=O)C(F)(F)F)C12CC3CC(CC(C3)C1)C2. The highest BCUT2D eigenvalue weighted by Crippen LogP contribution is 2.61. The van der Waals surface area contributed by atoms with Crippen molar-refractivity contribution in [1.82, 2.24) is 5.32 Å². The Morgan fingerprint density at radius 3 is 1.81 bits per heavy atom. The summed E-state index contributed by atoms with van der Waals surface area (Å²) in [5.74, 6) is -2.29. The molecule has 0 aromatic rings. The number of alkyl halides is 3. The molecule has 0 aromatic carbocycles. The van der Waals surface area contributed by atoms with E-state index in [1.165, 1.54) is 0 Å². The van der Waals surface area contributed by atoms with Crippen LogP contribution in [0.5, 0.6) is 0 Å². The molecule has 21 heavy (non-hydrogen) atoms. The van der Waals surface area contributed by atoms with Crippen LogP contribution in [0.4, 0.5) is 13.2 Å². The quantitative estimate of drug-likeness (QED) is 0.841. The van der Waals surface area contributed by atoms with Crippen LogP contribution in [0.25, 0.3) is 0 Å². The second-order valence-corrected chi connectivity index (χ2v) is 7.02. The van der Waals surface area contributed by atoms with Crippen molar-refractivity contribution in [2.75, 3.05) is 0 Å². The van der Waals surface area contributed by atoms with E-state index >= 15 is 0 Å². The average Bonchev–Trinajstić information content (AvgIpc) is 2.31. The van der Waals surface area contributed by atoms with E-state index in [1.807, 2.05) is 0 Å². The van der Waals surface area contributed by atoms with Crippen molar-refractivity contribution in [3.05, 3.63) is 0 Å². The van der Waals surface area contributed by atoms with Gasteiger partial charge < -0.3 is 10.4 Å². The number of aliphatic carboxylic acids is 1. The molecular formula is C14H18F3NO3. The lowest BCUT2D eigenvalue weighted by molar-refractivity contribution is -0.179. The topological polar surface area (TPSA) is 66.4 Å². The predicted molar refractivity (Wildman–Crippen MR) is 66.2 cm³/mol. The van der Waals surface area contributed by atoms with Gasteiger partial charge in [-0.1, -0.05) is 0 Å². The highest BCUT2D eigenvalue weighted by atomic mass is 19.4. The molecule has 1 atom stereocenters. The first-order valence-electron chi connectivity index (χ1n) is 7.30. The second kappa shape index (κ2) is 4.61. The van der Waals surface area contributed by atoms with Gasteiger partial charge in [0, 0.05) is 5.41 Å². The van der Waals surface area contributed by atoms with Gasteiger partial charge in [-0.05, 0) is 56.3 Å². The number of rotatable bonds is 3. The fourth-order valence-electron chi connectivity index (χ4n) is 5.22. The van der Waals surface area contributed by atoms with Gasteiger partial charge in [0.15, 0.2) is 0 Å². The summed E-state index contributed by atoms with van der Waals surface area (Å²) in [6.07, 6.45) is -0.0251. The molecule has 0 saturated heterocycles. The van der Waals surface area contributed by atoms with Gasteiger partial charge in [-0.25, -0.2) is 4.79 Å². The molecule has 0 aliphatic heterocycles. The van der Waals surface area contributed by atoms with Crippen LogP contribution in [0.2, 0.25) is 0 Å². The van der Waals surface area contributed by atoms with Gasteiger partial charge >= 0.3 is 18.1 Å². The lowest BCUT2D eigenvalue weighted by atomic mass is 9.47. The van der Waals surface area contributed by atoms with Crippen molar-refractivity contribution in [2.45, 2.75) is 50.7 Å². The van der Waals surface area contributed by atoms with Crippen LogP contribution in [0, 0.1) is 23.2 Å². The minimum absolute atomic E-state index is 0.404. The standard InChI is InChI=1S/C14H18F3NO3/c15-14(16,17)12(21)18-10(11(19)20)13-4-7-1-8(5-13)3-9(2-7)6-13/h7-10H,1-6H2,(H,18,21)(H,19,20). The highest BCUT2D eigenvalue weighted by Gasteiger charge is 2.57. The number of nitrogens with one attached hydrogen (secondary N) is 1. The fourth-order valence-corrected chi connectivity index (χ4v) is 5.22. The first-order chi connectivity index (χ1) is 9.69. The summed E-state index contributed by atoms with van der Waals surface area (Å²) in [7, 11) is 0. The van der Waals surface area contributed by atoms with Gasteiger partial charge in [0.25, 0.3) is 0 Å². The third kappa shape index (κ3) is 2.51. The van der Waals surface area contributed by atoms with Crippen molar-refractivity contribution in [1.29, 1.82) is 0 Å². The Balaban J connectivity index is 1.84. The third-order valence-corrected chi connectivity index (χ3v) is 5.48. The van der Waals surface area contributed by atoms with E-state index in [1.54, 1.807) is 5.32 Å². The predicted octanol–water partition coefficient (Wildman–Crippen LogP) is 2.33. The molecule has 118 valence electrons. The van der Waals surface area contributed by atoms with Crippen molar-refractivity contribution >= 4 is 11.9 Å². The number of carboxylic acid groups (broad SMARTS) is 1. The zero-order chi connectivity index (χ0) is 15.4. The molecule has 4 fully saturated rings. The fraction of sp³-hybridized carbons (Fsp3) is 0.857. The van der Waals surface area contributed by atoms with E-state index in [0.717, 1.165) is 19.3 Å². The molecular weight excluding hydrogens is 287 g/mol. The Hall–Kier alpha value is -1.27. The summed E-state index contributed by atoms with van der Waals surface area (Å²) >= 11 is 0. The summed E-state index contributed by atoms with van der Waals surface area (Å²) in [6, 6.07) is -1.43. The van der Waals surface area contributed by atoms with E-state index in [2.05, 4.69) is 0 Å². The molecule has 4 nitrogen and oxygen atoms in total. The number of halogens is 3. The molecule has 0 aromatic heterocycles. The molecule has 7 heteroatoms. The zero-order valence-electron chi connectivity index (χ0n) is 11.4. The number of carbonyl (C=O) groups excluding carboxylic acids is 1. The van der Waals surface area contributed by atoms with Crippen LogP contribution in [-0.2, 0) is 9.59 Å². The zero-order valence-corrected chi connectivity index (χ0v) is 11.4. The average molecular weight is 305 g/mol. The summed E-state index contributed by atoms with van der Waals surface area (Å²) in [6.45, 7) is 0. The summed E-state index contributed by atoms with van der Waals surface area (Å²) in [5.41, 5.74) is -0.693. The lowest BCUT2D eigenvalue weighted by Gasteiger charge is -2.58. The Bertz CT molecular complexity index is 439. The van der Waals surface area contributed by atoms with Crippen molar-refractivity contribution < 1.29 is 27.9 Å². The molecule has 0 spiro atoms. The summed E-state index contributed by atoms with van der Waals surface area (Å²) < 4.78 is 37.3. The van der Waals surface area contributed by atoms with Crippen LogP contribution >= 0.6 is 0 Å². The van der Waals surface area contributed by atoms with E-state index in [4.69, 9.17) is 0 Å². The maximum absolute atomic E-state index is 12.4. The lowest BCUT2D eigenvalue weighted by Crippen LogP contribution is -2.61. The van der Waals surface area contributed by atoms with E-state index < -0.39 is 29.5 Å².